The molecule has 23 heavy (non-hydrogen) atoms. The summed E-state index contributed by atoms with van der Waals surface area (Å²) in [6.07, 6.45) is -5.68. The fraction of sp³-hybridized carbons (Fsp3) is 0.417. The Labute approximate surface area is 130 Å². The molecule has 0 spiro atoms. The van der Waals surface area contributed by atoms with Crippen LogP contribution in [-0.2, 0) is 14.0 Å². The first-order chi connectivity index (χ1) is 10.6. The lowest BCUT2D eigenvalue weighted by Gasteiger charge is -2.31. The Morgan fingerprint density at radius 2 is 1.96 bits per heavy atom. The average Bonchev–Trinajstić information content (AvgIpc) is 2.72. The van der Waals surface area contributed by atoms with E-state index in [4.69, 9.17) is 20.3 Å². The van der Waals surface area contributed by atoms with E-state index in [1.165, 1.54) is 24.3 Å². The molecule has 11 heteroatoms. The summed E-state index contributed by atoms with van der Waals surface area (Å²) < 4.78 is 21.3. The highest BCUT2D eigenvalue weighted by Crippen LogP contribution is 2.58. The number of carbonyl (C=O) groups is 1. The summed E-state index contributed by atoms with van der Waals surface area (Å²) in [5.41, 5.74) is 2.20. The van der Waals surface area contributed by atoms with Crippen LogP contribution in [-0.4, -0.2) is 61.5 Å². The smallest absolute Gasteiger partial charge is 0.400 e. The SMILES string of the molecule is Nc1ccccc1C(=O)OC1(P(=O)(O)O)O[C@H](CO)[C@@H](O)[C@H]1O. The Morgan fingerprint density at radius 1 is 1.35 bits per heavy atom. The van der Waals surface area contributed by atoms with Gasteiger partial charge in [0.2, 0.25) is 0 Å². The molecule has 2 rings (SSSR count). The van der Waals surface area contributed by atoms with Gasteiger partial charge in [0.1, 0.15) is 12.2 Å². The maximum absolute atomic E-state index is 12.1. The van der Waals surface area contributed by atoms with Crippen molar-refractivity contribution in [3.63, 3.8) is 0 Å². The lowest BCUT2D eigenvalue weighted by molar-refractivity contribution is -0.184. The number of esters is 1. The molecule has 0 radical (unpaired) electrons. The highest BCUT2D eigenvalue weighted by atomic mass is 31.2. The molecule has 1 unspecified atom stereocenters. The van der Waals surface area contributed by atoms with Crippen molar-refractivity contribution in [1.29, 1.82) is 0 Å². The van der Waals surface area contributed by atoms with Crippen molar-refractivity contribution in [2.75, 3.05) is 12.3 Å². The van der Waals surface area contributed by atoms with E-state index in [1.54, 1.807) is 0 Å². The first-order valence-electron chi connectivity index (χ1n) is 6.42. The first-order valence-corrected chi connectivity index (χ1v) is 8.03. The largest absolute Gasteiger partial charge is 0.414 e. The minimum atomic E-state index is -5.41. The number of nitrogen functional groups attached to an aromatic ring is 1. The topological polar surface area (TPSA) is 180 Å². The van der Waals surface area contributed by atoms with Crippen LogP contribution < -0.4 is 5.73 Å². The van der Waals surface area contributed by atoms with Crippen LogP contribution in [0, 0.1) is 0 Å². The summed E-state index contributed by atoms with van der Waals surface area (Å²) in [7, 11) is -5.41. The Morgan fingerprint density at radius 3 is 2.43 bits per heavy atom. The fourth-order valence-electron chi connectivity index (χ4n) is 2.18. The molecule has 0 saturated carbocycles. The van der Waals surface area contributed by atoms with Gasteiger partial charge in [-0.2, -0.15) is 0 Å². The molecule has 4 atom stereocenters. The Hall–Kier alpha value is -1.52. The number of nitrogens with two attached hydrogens (primary N) is 1. The number of carbonyl (C=O) groups excluding carboxylic acids is 1. The van der Waals surface area contributed by atoms with Gasteiger partial charge in [-0.25, -0.2) is 4.79 Å². The van der Waals surface area contributed by atoms with E-state index in [0.29, 0.717) is 0 Å². The molecule has 1 aliphatic heterocycles. The maximum atomic E-state index is 12.1. The van der Waals surface area contributed by atoms with Gasteiger partial charge >= 0.3 is 19.1 Å². The molecule has 7 N–H and O–H groups in total. The lowest BCUT2D eigenvalue weighted by atomic mass is 10.1. The van der Waals surface area contributed by atoms with E-state index in [0.717, 1.165) is 0 Å². The Bertz CT molecular complexity index is 647. The van der Waals surface area contributed by atoms with Crippen LogP contribution in [0.2, 0.25) is 0 Å². The summed E-state index contributed by atoms with van der Waals surface area (Å²) in [4.78, 5) is 31.1. The standard InChI is InChI=1S/C12H16NO9P/c13-7-4-2-1-3-6(7)11(17)22-12(23(18,19)20)10(16)9(15)8(5-14)21-12/h1-4,8-10,14-16H,5,13H2,(H2,18,19,20)/t8-,9-,10-,12?/m1/s1. The minimum absolute atomic E-state index is 0.0231. The molecule has 128 valence electrons. The molecule has 1 heterocycles. The van der Waals surface area contributed by atoms with Crippen molar-refractivity contribution in [1.82, 2.24) is 0 Å². The highest BCUT2D eigenvalue weighted by molar-refractivity contribution is 7.53. The predicted molar refractivity (Wildman–Crippen MR) is 75.0 cm³/mol. The number of benzene rings is 1. The van der Waals surface area contributed by atoms with Crippen LogP contribution in [0.5, 0.6) is 0 Å². The second kappa shape index (κ2) is 6.17. The third kappa shape index (κ3) is 2.98. The number of rotatable bonds is 4. The third-order valence-electron chi connectivity index (χ3n) is 3.40. The van der Waals surface area contributed by atoms with Crippen molar-refractivity contribution in [2.24, 2.45) is 0 Å². The van der Waals surface area contributed by atoms with E-state index in [1.807, 2.05) is 0 Å². The van der Waals surface area contributed by atoms with Gasteiger partial charge in [-0.15, -0.1) is 0 Å². The van der Waals surface area contributed by atoms with Crippen molar-refractivity contribution in [2.45, 2.75) is 23.8 Å². The van der Waals surface area contributed by atoms with Gasteiger partial charge in [-0.3, -0.25) is 4.57 Å². The molecule has 10 nitrogen and oxygen atoms in total. The monoisotopic (exact) mass is 349 g/mol. The van der Waals surface area contributed by atoms with Gasteiger partial charge in [-0.05, 0) is 12.1 Å². The summed E-state index contributed by atoms with van der Waals surface area (Å²) >= 11 is 0. The van der Waals surface area contributed by atoms with Gasteiger partial charge < -0.3 is 40.3 Å². The van der Waals surface area contributed by atoms with Gasteiger partial charge in [0.25, 0.3) is 0 Å². The van der Waals surface area contributed by atoms with Crippen molar-refractivity contribution in [3.05, 3.63) is 29.8 Å². The molecule has 0 amide bonds. The zero-order valence-electron chi connectivity index (χ0n) is 11.6. The van der Waals surface area contributed by atoms with E-state index in [9.17, 15) is 29.4 Å². The molecule has 1 aromatic carbocycles. The molecule has 0 aromatic heterocycles. The number of ether oxygens (including phenoxy) is 2. The quantitative estimate of drug-likeness (QED) is 0.210. The number of aliphatic hydroxyl groups excluding tert-OH is 3. The van der Waals surface area contributed by atoms with Gasteiger partial charge in [0.15, 0.2) is 6.10 Å². The van der Waals surface area contributed by atoms with Gasteiger partial charge in [-0.1, -0.05) is 12.1 Å². The number of anilines is 1. The van der Waals surface area contributed by atoms with E-state index < -0.39 is 44.0 Å². The van der Waals surface area contributed by atoms with E-state index in [2.05, 4.69) is 0 Å². The number of aliphatic hydroxyl groups is 3. The van der Waals surface area contributed by atoms with Crippen LogP contribution in [0.4, 0.5) is 5.69 Å². The molecule has 0 bridgehead atoms. The van der Waals surface area contributed by atoms with Crippen molar-refractivity contribution >= 4 is 19.3 Å². The normalized spacial score (nSPS) is 31.1. The molecule has 1 aromatic rings. The molecule has 0 aliphatic carbocycles. The Balaban J connectivity index is 2.41. The van der Waals surface area contributed by atoms with E-state index >= 15 is 0 Å². The van der Waals surface area contributed by atoms with Crippen LogP contribution in [0.25, 0.3) is 0 Å². The lowest BCUT2D eigenvalue weighted by Crippen LogP contribution is -2.46. The van der Waals surface area contributed by atoms with Crippen LogP contribution in [0.1, 0.15) is 10.4 Å². The van der Waals surface area contributed by atoms with Crippen molar-refractivity contribution in [3.8, 4) is 0 Å². The van der Waals surface area contributed by atoms with Gasteiger partial charge in [0.05, 0.1) is 12.2 Å². The Kier molecular flexibility index (Phi) is 4.79. The molecular formula is C12H16NO9P. The summed E-state index contributed by atoms with van der Waals surface area (Å²) in [6.45, 7) is -0.856. The highest BCUT2D eigenvalue weighted by Gasteiger charge is 2.67. The van der Waals surface area contributed by atoms with E-state index in [-0.39, 0.29) is 11.3 Å². The molecule has 1 fully saturated rings. The second-order valence-corrected chi connectivity index (χ2v) is 6.64. The predicted octanol–water partition coefficient (Wildman–Crippen LogP) is -1.63. The molecule has 1 saturated heterocycles. The zero-order chi connectivity index (χ0) is 17.4. The average molecular weight is 349 g/mol. The van der Waals surface area contributed by atoms with Crippen LogP contribution >= 0.6 is 7.60 Å². The summed E-state index contributed by atoms with van der Waals surface area (Å²) in [5, 5.41) is 28.7. The molecule has 1 aliphatic rings. The first kappa shape index (κ1) is 17.8. The minimum Gasteiger partial charge on any atom is -0.414 e. The second-order valence-electron chi connectivity index (χ2n) is 4.93. The number of para-hydroxylation sites is 1. The number of hydrogen-bond acceptors (Lipinski definition) is 8. The number of hydrogen-bond donors (Lipinski definition) is 6. The molecular weight excluding hydrogens is 333 g/mol. The van der Waals surface area contributed by atoms with Crippen LogP contribution in [0.15, 0.2) is 24.3 Å². The maximum Gasteiger partial charge on any atom is 0.400 e. The van der Waals surface area contributed by atoms with Crippen LogP contribution in [0.3, 0.4) is 0 Å². The van der Waals surface area contributed by atoms with Crippen molar-refractivity contribution < 1.29 is 43.9 Å². The zero-order valence-corrected chi connectivity index (χ0v) is 12.5. The fourth-order valence-corrected chi connectivity index (χ4v) is 3.15. The third-order valence-corrected chi connectivity index (χ3v) is 4.68. The summed E-state index contributed by atoms with van der Waals surface area (Å²) in [5.74, 6) is -1.27. The van der Waals surface area contributed by atoms with Gasteiger partial charge in [0, 0.05) is 5.69 Å². The summed E-state index contributed by atoms with van der Waals surface area (Å²) in [6, 6.07) is 5.57.